The zero-order chi connectivity index (χ0) is 27.4. The third-order valence-electron chi connectivity index (χ3n) is 5.71. The monoisotopic (exact) mass is 525 g/mol. The van der Waals surface area contributed by atoms with Crippen molar-refractivity contribution in [3.05, 3.63) is 76.8 Å². The van der Waals surface area contributed by atoms with E-state index >= 15 is 0 Å². The normalized spacial score (nSPS) is 11.6. The van der Waals surface area contributed by atoms with Crippen molar-refractivity contribution in [2.45, 2.75) is 52.5 Å². The Morgan fingerprint density at radius 3 is 2.27 bits per heavy atom. The Labute approximate surface area is 216 Å². The molecule has 0 fully saturated rings. The standard InChI is InChI=1S/C23H22FN5O3S.C4H10/c1-14-20(28-33(31,32)23(2,3)24)12-16(13-26-14)15-9-10-19-18(11-15)21(30)29(22(25)27-19)17-7-5-4-6-8-17;1-3-4-2/h4-13,28H,1-3H3,(H2,25,27);3-4H2,1-2H3. The Bertz CT molecular complexity index is 1560. The summed E-state index contributed by atoms with van der Waals surface area (Å²) in [5.41, 5.74) is 8.40. The molecule has 3 N–H and O–H groups in total. The summed E-state index contributed by atoms with van der Waals surface area (Å²) in [4.78, 5) is 21.8. The first kappa shape index (κ1) is 27.8. The van der Waals surface area contributed by atoms with E-state index in [-0.39, 0.29) is 17.2 Å². The van der Waals surface area contributed by atoms with Crippen LogP contribution >= 0.6 is 0 Å². The van der Waals surface area contributed by atoms with E-state index in [0.717, 1.165) is 13.8 Å². The van der Waals surface area contributed by atoms with E-state index in [4.69, 9.17) is 5.73 Å². The lowest BCUT2D eigenvalue weighted by Gasteiger charge is -2.18. The summed E-state index contributed by atoms with van der Waals surface area (Å²) in [6, 6.07) is 15.5. The van der Waals surface area contributed by atoms with Crippen LogP contribution in [0.15, 0.2) is 65.6 Å². The van der Waals surface area contributed by atoms with E-state index in [0.29, 0.717) is 33.4 Å². The molecule has 0 amide bonds. The number of halogens is 1. The first-order valence-electron chi connectivity index (χ1n) is 12.0. The van der Waals surface area contributed by atoms with Crippen molar-refractivity contribution in [3.8, 4) is 16.8 Å². The molecule has 0 aliphatic rings. The van der Waals surface area contributed by atoms with Gasteiger partial charge in [0, 0.05) is 11.8 Å². The number of fused-ring (bicyclic) bond motifs is 1. The number of rotatable bonds is 6. The first-order chi connectivity index (χ1) is 17.4. The lowest BCUT2D eigenvalue weighted by atomic mass is 10.0. The zero-order valence-electron chi connectivity index (χ0n) is 21.6. The molecule has 37 heavy (non-hydrogen) atoms. The van der Waals surface area contributed by atoms with Gasteiger partial charge in [-0.1, -0.05) is 51.0 Å². The second-order valence-corrected chi connectivity index (χ2v) is 11.2. The summed E-state index contributed by atoms with van der Waals surface area (Å²) in [5.74, 6) is 0.0639. The fraction of sp³-hybridized carbons (Fsp3) is 0.296. The Hall–Kier alpha value is -3.79. The minimum atomic E-state index is -4.29. The van der Waals surface area contributed by atoms with Gasteiger partial charge in [-0.3, -0.25) is 14.5 Å². The number of nitrogens with zero attached hydrogens (tertiary/aromatic N) is 3. The van der Waals surface area contributed by atoms with Gasteiger partial charge in [-0.05, 0) is 56.7 Å². The highest BCUT2D eigenvalue weighted by atomic mass is 32.2. The van der Waals surface area contributed by atoms with Crippen LogP contribution < -0.4 is 16.0 Å². The number of alkyl halides is 1. The molecule has 10 heteroatoms. The Balaban J connectivity index is 0.000000886. The molecule has 0 aliphatic heterocycles. The second-order valence-electron chi connectivity index (χ2n) is 9.00. The molecular formula is C27H32FN5O3S. The van der Waals surface area contributed by atoms with Crippen LogP contribution in [0.1, 0.15) is 46.2 Å². The van der Waals surface area contributed by atoms with Gasteiger partial charge in [0.05, 0.1) is 28.0 Å². The average Bonchev–Trinajstić information content (AvgIpc) is 2.85. The minimum absolute atomic E-state index is 0.0639. The molecule has 0 saturated heterocycles. The van der Waals surface area contributed by atoms with Crippen LogP contribution in [0.5, 0.6) is 0 Å². The highest BCUT2D eigenvalue weighted by Crippen LogP contribution is 2.29. The smallest absolute Gasteiger partial charge is 0.267 e. The van der Waals surface area contributed by atoms with Crippen molar-refractivity contribution in [2.24, 2.45) is 0 Å². The van der Waals surface area contributed by atoms with Gasteiger partial charge in [0.2, 0.25) is 10.9 Å². The topological polar surface area (TPSA) is 120 Å². The summed E-state index contributed by atoms with van der Waals surface area (Å²) >= 11 is 0. The van der Waals surface area contributed by atoms with Crippen molar-refractivity contribution in [1.29, 1.82) is 0 Å². The molecule has 2 aromatic carbocycles. The van der Waals surface area contributed by atoms with Crippen LogP contribution in [0, 0.1) is 6.92 Å². The van der Waals surface area contributed by atoms with E-state index in [1.165, 1.54) is 17.4 Å². The quantitative estimate of drug-likeness (QED) is 0.338. The van der Waals surface area contributed by atoms with Crippen LogP contribution in [0.25, 0.3) is 27.7 Å². The number of unbranched alkanes of at least 4 members (excludes halogenated alkanes) is 1. The number of para-hydroxylation sites is 1. The number of benzene rings is 2. The van der Waals surface area contributed by atoms with E-state index in [2.05, 4.69) is 28.5 Å². The maximum Gasteiger partial charge on any atom is 0.267 e. The summed E-state index contributed by atoms with van der Waals surface area (Å²) in [6.45, 7) is 7.89. The van der Waals surface area contributed by atoms with Crippen molar-refractivity contribution in [2.75, 3.05) is 10.5 Å². The number of nitrogens with two attached hydrogens (primary N) is 1. The number of pyridine rings is 1. The Kier molecular flexibility index (Phi) is 8.32. The van der Waals surface area contributed by atoms with Gasteiger partial charge >= 0.3 is 0 Å². The summed E-state index contributed by atoms with van der Waals surface area (Å²) in [6.07, 6.45) is 4.19. The lowest BCUT2D eigenvalue weighted by molar-refractivity contribution is 0.321. The van der Waals surface area contributed by atoms with Crippen LogP contribution in [0.2, 0.25) is 0 Å². The molecule has 8 nitrogen and oxygen atoms in total. The number of anilines is 2. The predicted octanol–water partition coefficient (Wildman–Crippen LogP) is 5.59. The molecular weight excluding hydrogens is 493 g/mol. The summed E-state index contributed by atoms with van der Waals surface area (Å²) in [5, 5.41) is -2.15. The molecule has 196 valence electrons. The highest BCUT2D eigenvalue weighted by Gasteiger charge is 2.34. The van der Waals surface area contributed by atoms with Gasteiger partial charge < -0.3 is 5.73 Å². The average molecular weight is 526 g/mol. The molecule has 0 bridgehead atoms. The molecule has 0 saturated carbocycles. The van der Waals surface area contributed by atoms with Gasteiger partial charge in [0.15, 0.2) is 0 Å². The van der Waals surface area contributed by atoms with Gasteiger partial charge in [-0.2, -0.15) is 0 Å². The Morgan fingerprint density at radius 2 is 1.68 bits per heavy atom. The molecule has 0 aliphatic carbocycles. The SMILES string of the molecule is CCCC.Cc1ncc(-c2ccc3nc(N)n(-c4ccccc4)c(=O)c3c2)cc1NS(=O)(=O)C(C)(C)F. The third kappa shape index (κ3) is 6.14. The van der Waals surface area contributed by atoms with Crippen molar-refractivity contribution >= 4 is 32.6 Å². The second kappa shape index (κ2) is 11.1. The van der Waals surface area contributed by atoms with E-state index < -0.39 is 15.0 Å². The van der Waals surface area contributed by atoms with Crippen LogP contribution in [0.4, 0.5) is 16.0 Å². The maximum absolute atomic E-state index is 14.1. The summed E-state index contributed by atoms with van der Waals surface area (Å²) in [7, 11) is -4.29. The van der Waals surface area contributed by atoms with Gasteiger partial charge in [-0.15, -0.1) is 0 Å². The number of aromatic nitrogens is 3. The molecule has 4 aromatic rings. The number of sulfonamides is 1. The molecule has 0 unspecified atom stereocenters. The fourth-order valence-corrected chi connectivity index (χ4v) is 4.01. The number of hydrogen-bond donors (Lipinski definition) is 2. The summed E-state index contributed by atoms with van der Waals surface area (Å²) < 4.78 is 42.2. The van der Waals surface area contributed by atoms with E-state index in [1.54, 1.807) is 61.7 Å². The molecule has 4 rings (SSSR count). The molecule has 0 atom stereocenters. The fourth-order valence-electron chi connectivity index (χ4n) is 3.27. The van der Waals surface area contributed by atoms with Crippen LogP contribution in [-0.4, -0.2) is 28.0 Å². The number of nitrogen functional groups attached to an aromatic ring is 1. The zero-order valence-corrected chi connectivity index (χ0v) is 22.4. The number of hydrogen-bond acceptors (Lipinski definition) is 6. The minimum Gasteiger partial charge on any atom is -0.369 e. The molecule has 2 aromatic heterocycles. The predicted molar refractivity (Wildman–Crippen MR) is 148 cm³/mol. The molecule has 0 spiro atoms. The van der Waals surface area contributed by atoms with Gasteiger partial charge in [-0.25, -0.2) is 22.4 Å². The lowest BCUT2D eigenvalue weighted by Crippen LogP contribution is -2.32. The first-order valence-corrected chi connectivity index (χ1v) is 13.4. The van der Waals surface area contributed by atoms with Gasteiger partial charge in [0.1, 0.15) is 0 Å². The van der Waals surface area contributed by atoms with Crippen molar-refractivity contribution in [3.63, 3.8) is 0 Å². The van der Waals surface area contributed by atoms with Crippen LogP contribution in [-0.2, 0) is 10.0 Å². The largest absolute Gasteiger partial charge is 0.369 e. The molecule has 2 heterocycles. The number of nitrogens with one attached hydrogen (secondary N) is 1. The third-order valence-corrected chi connectivity index (χ3v) is 7.48. The highest BCUT2D eigenvalue weighted by molar-refractivity contribution is 7.93. The number of aryl methyl sites for hydroxylation is 1. The van der Waals surface area contributed by atoms with Gasteiger partial charge in [0.25, 0.3) is 15.6 Å². The van der Waals surface area contributed by atoms with E-state index in [1.807, 2.05) is 6.07 Å². The van der Waals surface area contributed by atoms with E-state index in [9.17, 15) is 17.6 Å². The molecule has 0 radical (unpaired) electrons. The maximum atomic E-state index is 14.1. The van der Waals surface area contributed by atoms with Crippen molar-refractivity contribution < 1.29 is 12.8 Å². The van der Waals surface area contributed by atoms with Crippen molar-refractivity contribution in [1.82, 2.24) is 14.5 Å². The Morgan fingerprint density at radius 1 is 1.03 bits per heavy atom. The van der Waals surface area contributed by atoms with Crippen LogP contribution in [0.3, 0.4) is 0 Å².